The van der Waals surface area contributed by atoms with Gasteiger partial charge < -0.3 is 29.3 Å². The second-order valence-electron chi connectivity index (χ2n) is 7.54. The third kappa shape index (κ3) is 6.50. The van der Waals surface area contributed by atoms with Crippen molar-refractivity contribution < 1.29 is 27.8 Å². The Labute approximate surface area is 203 Å². The van der Waals surface area contributed by atoms with Crippen LogP contribution in [0.1, 0.15) is 35.1 Å². The van der Waals surface area contributed by atoms with Gasteiger partial charge >= 0.3 is 0 Å². The molecule has 10 heteroatoms. The molecule has 0 saturated carbocycles. The molecule has 9 nitrogen and oxygen atoms in total. The summed E-state index contributed by atoms with van der Waals surface area (Å²) in [6.07, 6.45) is 2.55. The van der Waals surface area contributed by atoms with E-state index >= 15 is 0 Å². The molecule has 0 saturated heterocycles. The van der Waals surface area contributed by atoms with E-state index in [9.17, 15) is 9.18 Å². The van der Waals surface area contributed by atoms with E-state index in [2.05, 4.69) is 15.6 Å². The minimum absolute atomic E-state index is 0.192. The molecular formula is C25H29FN4O5. The van der Waals surface area contributed by atoms with E-state index in [1.807, 2.05) is 24.3 Å². The highest BCUT2D eigenvalue weighted by Gasteiger charge is 2.25. The first-order chi connectivity index (χ1) is 17.0. The highest BCUT2D eigenvalue weighted by molar-refractivity contribution is 5.99. The molecule has 0 radical (unpaired) electrons. The summed E-state index contributed by atoms with van der Waals surface area (Å²) in [5.74, 6) is 1.69. The van der Waals surface area contributed by atoms with Crippen LogP contribution >= 0.6 is 0 Å². The van der Waals surface area contributed by atoms with E-state index in [-0.39, 0.29) is 11.4 Å². The molecule has 0 unspecified atom stereocenters. The zero-order valence-corrected chi connectivity index (χ0v) is 19.9. The van der Waals surface area contributed by atoms with Crippen LogP contribution in [0.15, 0.2) is 53.1 Å². The van der Waals surface area contributed by atoms with Crippen molar-refractivity contribution in [2.75, 3.05) is 34.5 Å². The van der Waals surface area contributed by atoms with E-state index in [0.717, 1.165) is 11.3 Å². The SMILES string of the molecule is COc1ccc(-c2cnc([C@H](CCCNC(=N)CF)NC(=O)c3c(OC)cccc3OC)o2)cc1. The van der Waals surface area contributed by atoms with Crippen molar-refractivity contribution in [3.8, 4) is 28.6 Å². The molecule has 1 atom stereocenters. The zero-order chi connectivity index (χ0) is 25.2. The monoisotopic (exact) mass is 484 g/mol. The van der Waals surface area contributed by atoms with Crippen LogP contribution in [0.4, 0.5) is 4.39 Å². The first kappa shape index (κ1) is 25.5. The van der Waals surface area contributed by atoms with Gasteiger partial charge in [0.15, 0.2) is 5.76 Å². The van der Waals surface area contributed by atoms with Crippen molar-refractivity contribution in [3.05, 3.63) is 60.1 Å². The third-order valence-corrected chi connectivity index (χ3v) is 5.30. The van der Waals surface area contributed by atoms with Gasteiger partial charge in [-0.05, 0) is 49.2 Å². The first-order valence-corrected chi connectivity index (χ1v) is 11.0. The van der Waals surface area contributed by atoms with Gasteiger partial charge in [0.1, 0.15) is 41.4 Å². The van der Waals surface area contributed by atoms with Gasteiger partial charge in [-0.2, -0.15) is 0 Å². The molecule has 3 N–H and O–H groups in total. The summed E-state index contributed by atoms with van der Waals surface area (Å²) >= 11 is 0. The number of rotatable bonds is 12. The molecule has 0 aliphatic carbocycles. The molecule has 3 rings (SSSR count). The van der Waals surface area contributed by atoms with Crippen LogP contribution in [0, 0.1) is 5.41 Å². The van der Waals surface area contributed by atoms with Crippen LogP contribution in [0.3, 0.4) is 0 Å². The fraction of sp³-hybridized carbons (Fsp3) is 0.320. The van der Waals surface area contributed by atoms with Gasteiger partial charge in [-0.15, -0.1) is 0 Å². The first-order valence-electron chi connectivity index (χ1n) is 11.0. The fourth-order valence-electron chi connectivity index (χ4n) is 3.49. The molecule has 1 heterocycles. The highest BCUT2D eigenvalue weighted by atomic mass is 19.1. The number of alkyl halides is 1. The summed E-state index contributed by atoms with van der Waals surface area (Å²) in [4.78, 5) is 17.7. The predicted octanol–water partition coefficient (Wildman–Crippen LogP) is 4.16. The highest BCUT2D eigenvalue weighted by Crippen LogP contribution is 2.30. The predicted molar refractivity (Wildman–Crippen MR) is 129 cm³/mol. The van der Waals surface area contributed by atoms with Gasteiger partial charge in [0.25, 0.3) is 5.91 Å². The van der Waals surface area contributed by atoms with Gasteiger partial charge in [-0.3, -0.25) is 10.2 Å². The van der Waals surface area contributed by atoms with Gasteiger partial charge in [-0.25, -0.2) is 9.37 Å². The average molecular weight is 485 g/mol. The smallest absolute Gasteiger partial charge is 0.259 e. The number of methoxy groups -OCH3 is 3. The van der Waals surface area contributed by atoms with Crippen molar-refractivity contribution in [3.63, 3.8) is 0 Å². The number of ether oxygens (including phenoxy) is 3. The Balaban J connectivity index is 1.84. The number of aromatic nitrogens is 1. The molecule has 3 aromatic rings. The Morgan fingerprint density at radius 2 is 1.77 bits per heavy atom. The molecule has 35 heavy (non-hydrogen) atoms. The molecule has 186 valence electrons. The Bertz CT molecular complexity index is 1110. The average Bonchev–Trinajstić information content (AvgIpc) is 3.39. The Morgan fingerprint density at radius 3 is 2.37 bits per heavy atom. The molecule has 0 aliphatic rings. The Kier molecular flexibility index (Phi) is 9.05. The van der Waals surface area contributed by atoms with Crippen LogP contribution in [-0.2, 0) is 0 Å². The lowest BCUT2D eigenvalue weighted by molar-refractivity contribution is 0.0921. The van der Waals surface area contributed by atoms with Crippen LogP contribution in [0.5, 0.6) is 17.2 Å². The van der Waals surface area contributed by atoms with E-state index in [1.165, 1.54) is 14.2 Å². The molecular weight excluding hydrogens is 455 g/mol. The van der Waals surface area contributed by atoms with Crippen molar-refractivity contribution in [2.24, 2.45) is 0 Å². The van der Waals surface area contributed by atoms with E-state index in [0.29, 0.717) is 42.5 Å². The molecule has 0 spiro atoms. The van der Waals surface area contributed by atoms with Gasteiger partial charge in [0.05, 0.1) is 27.5 Å². The lowest BCUT2D eigenvalue weighted by Crippen LogP contribution is -2.31. The molecule has 0 aliphatic heterocycles. The number of nitrogens with one attached hydrogen (secondary N) is 3. The summed E-state index contributed by atoms with van der Waals surface area (Å²) in [6.45, 7) is -0.502. The maximum Gasteiger partial charge on any atom is 0.259 e. The molecule has 2 aromatic carbocycles. The number of hydrogen-bond acceptors (Lipinski definition) is 7. The molecule has 0 bridgehead atoms. The number of oxazole rings is 1. The molecule has 1 aromatic heterocycles. The van der Waals surface area contributed by atoms with Crippen molar-refractivity contribution in [1.82, 2.24) is 15.6 Å². The number of carbonyl (C=O) groups excluding carboxylic acids is 1. The normalized spacial score (nSPS) is 11.4. The van der Waals surface area contributed by atoms with Crippen molar-refractivity contribution in [1.29, 1.82) is 5.41 Å². The fourth-order valence-corrected chi connectivity index (χ4v) is 3.49. The maximum atomic E-state index is 13.3. The topological polar surface area (TPSA) is 119 Å². The number of halogens is 1. The molecule has 0 fully saturated rings. The number of hydrogen-bond donors (Lipinski definition) is 3. The number of amides is 1. The van der Waals surface area contributed by atoms with Gasteiger partial charge in [0.2, 0.25) is 5.89 Å². The Hall–Kier alpha value is -4.08. The van der Waals surface area contributed by atoms with Crippen LogP contribution in [0.2, 0.25) is 0 Å². The van der Waals surface area contributed by atoms with E-state index < -0.39 is 18.6 Å². The number of benzene rings is 2. The quantitative estimate of drug-likeness (QED) is 0.201. The van der Waals surface area contributed by atoms with Gasteiger partial charge in [0, 0.05) is 12.1 Å². The number of amidine groups is 1. The summed E-state index contributed by atoms with van der Waals surface area (Å²) in [5.41, 5.74) is 1.06. The second-order valence-corrected chi connectivity index (χ2v) is 7.54. The minimum Gasteiger partial charge on any atom is -0.497 e. The minimum atomic E-state index is -0.862. The van der Waals surface area contributed by atoms with Crippen LogP contribution in [-0.4, -0.2) is 51.3 Å². The lowest BCUT2D eigenvalue weighted by atomic mass is 10.1. The third-order valence-electron chi connectivity index (χ3n) is 5.30. The van der Waals surface area contributed by atoms with Crippen molar-refractivity contribution >= 4 is 11.7 Å². The maximum absolute atomic E-state index is 13.3. The standard InChI is InChI=1S/C25H29FN4O5/c1-32-17-11-9-16(10-12-17)21-15-29-25(35-21)18(6-5-13-28-22(27)14-26)30-24(31)23-19(33-2)7-4-8-20(23)34-3/h4,7-12,15,18H,5-6,13-14H2,1-3H3,(H2,27,28)(H,30,31)/t18-/m0/s1. The number of carbonyl (C=O) groups is 1. The number of nitrogens with zero attached hydrogens (tertiary/aromatic N) is 1. The zero-order valence-electron chi connectivity index (χ0n) is 19.9. The van der Waals surface area contributed by atoms with Gasteiger partial charge in [-0.1, -0.05) is 6.07 Å². The lowest BCUT2D eigenvalue weighted by Gasteiger charge is -2.18. The Morgan fingerprint density at radius 1 is 1.09 bits per heavy atom. The molecule has 1 amide bonds. The summed E-state index contributed by atoms with van der Waals surface area (Å²) in [5, 5.41) is 13.1. The van der Waals surface area contributed by atoms with Crippen molar-refractivity contribution in [2.45, 2.75) is 18.9 Å². The van der Waals surface area contributed by atoms with Crippen LogP contribution < -0.4 is 24.8 Å². The van der Waals surface area contributed by atoms with E-state index in [4.69, 9.17) is 24.0 Å². The van der Waals surface area contributed by atoms with E-state index in [1.54, 1.807) is 31.5 Å². The summed E-state index contributed by atoms with van der Waals surface area (Å²) in [7, 11) is 4.54. The summed E-state index contributed by atoms with van der Waals surface area (Å²) < 4.78 is 34.5. The largest absolute Gasteiger partial charge is 0.497 e. The summed E-state index contributed by atoms with van der Waals surface area (Å²) in [6, 6.07) is 11.8. The van der Waals surface area contributed by atoms with Crippen LogP contribution in [0.25, 0.3) is 11.3 Å². The second kappa shape index (κ2) is 12.4.